The van der Waals surface area contributed by atoms with E-state index in [1.807, 2.05) is 0 Å². The van der Waals surface area contributed by atoms with Crippen LogP contribution in [0.15, 0.2) is 12.3 Å². The average molecular weight is 242 g/mol. The molecule has 0 fully saturated rings. The monoisotopic (exact) mass is 242 g/mol. The molecule has 0 aliphatic carbocycles. The summed E-state index contributed by atoms with van der Waals surface area (Å²) in [5.74, 6) is -2.56. The van der Waals surface area contributed by atoms with Gasteiger partial charge in [0.25, 0.3) is 0 Å². The van der Waals surface area contributed by atoms with E-state index < -0.39 is 11.9 Å². The van der Waals surface area contributed by atoms with Gasteiger partial charge in [0.15, 0.2) is 21.3 Å². The normalized spacial score (nSPS) is 13.2. The van der Waals surface area contributed by atoms with Crippen molar-refractivity contribution in [2.45, 2.75) is 0 Å². The number of carboxylic acid groups (broad SMARTS) is 2. The molecule has 0 bridgehead atoms. The lowest BCUT2D eigenvalue weighted by Crippen LogP contribution is -1.98. The Bertz CT molecular complexity index is 486. The van der Waals surface area contributed by atoms with E-state index >= 15 is 0 Å². The van der Waals surface area contributed by atoms with Crippen LogP contribution < -0.4 is 9.47 Å². The van der Waals surface area contributed by atoms with Gasteiger partial charge in [-0.2, -0.15) is 0 Å². The van der Waals surface area contributed by atoms with Crippen molar-refractivity contribution < 1.29 is 29.3 Å². The molecule has 0 spiro atoms. The molecule has 1 aromatic heterocycles. The minimum atomic E-state index is -1.24. The van der Waals surface area contributed by atoms with Crippen molar-refractivity contribution in [2.24, 2.45) is 0 Å². The van der Waals surface area contributed by atoms with Crippen LogP contribution in [0.5, 0.6) is 11.5 Å². The first-order valence-corrected chi connectivity index (χ1v) is 5.00. The Hall–Kier alpha value is -2.02. The standard InChI is InChI=1S/C9H6O6S/c10-8(11)6-4-5(7(16-6)9(12)13)15-3-1-2-14-4/h1-2H,3H2,(H,10,11)(H,12,13). The van der Waals surface area contributed by atoms with Crippen molar-refractivity contribution >= 4 is 23.3 Å². The highest BCUT2D eigenvalue weighted by Gasteiger charge is 2.29. The first-order chi connectivity index (χ1) is 7.61. The zero-order valence-corrected chi connectivity index (χ0v) is 8.61. The molecule has 1 aliphatic heterocycles. The fourth-order valence-electron chi connectivity index (χ4n) is 1.21. The van der Waals surface area contributed by atoms with Crippen LogP contribution in [0.1, 0.15) is 19.3 Å². The summed E-state index contributed by atoms with van der Waals surface area (Å²) in [6, 6.07) is 0. The second-order valence-electron chi connectivity index (χ2n) is 2.83. The van der Waals surface area contributed by atoms with E-state index in [1.54, 1.807) is 0 Å². The second kappa shape index (κ2) is 3.86. The van der Waals surface area contributed by atoms with Crippen molar-refractivity contribution in [3.05, 3.63) is 22.1 Å². The minimum Gasteiger partial charge on any atom is -0.484 e. The van der Waals surface area contributed by atoms with Crippen LogP contribution in [-0.2, 0) is 0 Å². The molecule has 1 aliphatic rings. The summed E-state index contributed by atoms with van der Waals surface area (Å²) < 4.78 is 10.2. The summed E-state index contributed by atoms with van der Waals surface area (Å²) in [5.41, 5.74) is 0. The van der Waals surface area contributed by atoms with E-state index in [9.17, 15) is 9.59 Å². The number of rotatable bonds is 2. The molecule has 0 saturated carbocycles. The van der Waals surface area contributed by atoms with Gasteiger partial charge in [-0.1, -0.05) is 0 Å². The molecule has 0 aromatic carbocycles. The SMILES string of the molecule is O=C(O)c1sc(C(=O)O)c2c1OC=CCO2. The maximum absolute atomic E-state index is 10.9. The van der Waals surface area contributed by atoms with Crippen molar-refractivity contribution in [1.29, 1.82) is 0 Å². The molecule has 0 amide bonds. The lowest BCUT2D eigenvalue weighted by atomic mass is 10.3. The summed E-state index contributed by atoms with van der Waals surface area (Å²) in [5, 5.41) is 17.8. The maximum Gasteiger partial charge on any atom is 0.349 e. The minimum absolute atomic E-state index is 0.0279. The topological polar surface area (TPSA) is 93.1 Å². The van der Waals surface area contributed by atoms with Gasteiger partial charge in [0.2, 0.25) is 0 Å². The number of carbonyl (C=O) groups is 2. The Kier molecular flexibility index (Phi) is 2.53. The molecule has 2 rings (SSSR count). The Morgan fingerprint density at radius 3 is 2.44 bits per heavy atom. The molecule has 1 aromatic rings. The summed E-state index contributed by atoms with van der Waals surface area (Å²) in [7, 11) is 0. The molecule has 2 N–H and O–H groups in total. The van der Waals surface area contributed by atoms with Gasteiger partial charge in [0.1, 0.15) is 6.61 Å². The summed E-state index contributed by atoms with van der Waals surface area (Å²) in [6.45, 7) is 0.142. The van der Waals surface area contributed by atoms with Crippen molar-refractivity contribution in [3.63, 3.8) is 0 Å². The molecular formula is C9H6O6S. The van der Waals surface area contributed by atoms with Crippen molar-refractivity contribution in [2.75, 3.05) is 6.61 Å². The van der Waals surface area contributed by atoms with E-state index in [2.05, 4.69) is 0 Å². The summed E-state index contributed by atoms with van der Waals surface area (Å²) in [6.07, 6.45) is 2.79. The van der Waals surface area contributed by atoms with Gasteiger partial charge in [0.05, 0.1) is 6.26 Å². The largest absolute Gasteiger partial charge is 0.484 e. The zero-order chi connectivity index (χ0) is 11.7. The van der Waals surface area contributed by atoms with Gasteiger partial charge in [-0.05, 0) is 6.08 Å². The fraction of sp³-hybridized carbons (Fsp3) is 0.111. The molecule has 16 heavy (non-hydrogen) atoms. The third kappa shape index (κ3) is 1.61. The number of fused-ring (bicyclic) bond motifs is 1. The molecule has 0 saturated heterocycles. The van der Waals surface area contributed by atoms with Crippen LogP contribution in [0, 0.1) is 0 Å². The van der Waals surface area contributed by atoms with Gasteiger partial charge < -0.3 is 19.7 Å². The smallest absolute Gasteiger partial charge is 0.349 e. The number of thiophene rings is 1. The lowest BCUT2D eigenvalue weighted by Gasteiger charge is -2.02. The van der Waals surface area contributed by atoms with E-state index in [-0.39, 0.29) is 27.9 Å². The highest BCUT2D eigenvalue weighted by molar-refractivity contribution is 7.16. The quantitative estimate of drug-likeness (QED) is 0.814. The van der Waals surface area contributed by atoms with E-state index in [0.717, 1.165) is 0 Å². The highest BCUT2D eigenvalue weighted by Crippen LogP contribution is 2.43. The van der Waals surface area contributed by atoms with Crippen molar-refractivity contribution in [1.82, 2.24) is 0 Å². The van der Waals surface area contributed by atoms with Crippen LogP contribution in [0.3, 0.4) is 0 Å². The van der Waals surface area contributed by atoms with Crippen LogP contribution in [-0.4, -0.2) is 28.8 Å². The first kappa shape index (κ1) is 10.5. The Labute approximate surface area is 93.3 Å². The van der Waals surface area contributed by atoms with Gasteiger partial charge >= 0.3 is 11.9 Å². The number of ether oxygens (including phenoxy) is 2. The molecule has 0 radical (unpaired) electrons. The molecule has 0 unspecified atom stereocenters. The summed E-state index contributed by atoms with van der Waals surface area (Å²) in [4.78, 5) is 21.4. The maximum atomic E-state index is 10.9. The first-order valence-electron chi connectivity index (χ1n) is 4.19. The number of aromatic carboxylic acids is 2. The molecule has 6 nitrogen and oxygen atoms in total. The molecule has 2 heterocycles. The Balaban J connectivity index is 2.61. The third-order valence-corrected chi connectivity index (χ3v) is 2.95. The van der Waals surface area contributed by atoms with Crippen LogP contribution >= 0.6 is 11.3 Å². The zero-order valence-electron chi connectivity index (χ0n) is 7.80. The molecule has 84 valence electrons. The number of hydrogen-bond acceptors (Lipinski definition) is 5. The second-order valence-corrected chi connectivity index (χ2v) is 3.85. The summed E-state index contributed by atoms with van der Waals surface area (Å²) >= 11 is 0.618. The van der Waals surface area contributed by atoms with Gasteiger partial charge in [-0.3, -0.25) is 0 Å². The predicted octanol–water partition coefficient (Wildman–Crippen LogP) is 1.43. The predicted molar refractivity (Wildman–Crippen MR) is 53.5 cm³/mol. The number of hydrogen-bond donors (Lipinski definition) is 2. The van der Waals surface area contributed by atoms with E-state index in [4.69, 9.17) is 19.7 Å². The van der Waals surface area contributed by atoms with E-state index in [0.29, 0.717) is 11.3 Å². The molecule has 0 atom stereocenters. The third-order valence-electron chi connectivity index (χ3n) is 1.82. The van der Waals surface area contributed by atoms with Crippen LogP contribution in [0.25, 0.3) is 0 Å². The fourth-order valence-corrected chi connectivity index (χ4v) is 2.06. The number of carboxylic acids is 2. The highest BCUT2D eigenvalue weighted by atomic mass is 32.1. The van der Waals surface area contributed by atoms with Gasteiger partial charge in [-0.25, -0.2) is 9.59 Å². The Morgan fingerprint density at radius 1 is 1.19 bits per heavy atom. The van der Waals surface area contributed by atoms with Gasteiger partial charge in [0, 0.05) is 0 Å². The van der Waals surface area contributed by atoms with Crippen LogP contribution in [0.2, 0.25) is 0 Å². The van der Waals surface area contributed by atoms with Gasteiger partial charge in [-0.15, -0.1) is 11.3 Å². The Morgan fingerprint density at radius 2 is 1.81 bits per heavy atom. The molecular weight excluding hydrogens is 236 g/mol. The molecule has 7 heteroatoms. The van der Waals surface area contributed by atoms with Crippen molar-refractivity contribution in [3.8, 4) is 11.5 Å². The average Bonchev–Trinajstić information content (AvgIpc) is 2.41. The van der Waals surface area contributed by atoms with E-state index in [1.165, 1.54) is 12.3 Å². The van der Waals surface area contributed by atoms with Crippen LogP contribution in [0.4, 0.5) is 0 Å². The lowest BCUT2D eigenvalue weighted by molar-refractivity contribution is 0.0687.